The van der Waals surface area contributed by atoms with E-state index in [4.69, 9.17) is 5.73 Å². The molecular formula is C24H19F3N2O3. The van der Waals surface area contributed by atoms with Gasteiger partial charge in [-0.05, 0) is 23.8 Å². The van der Waals surface area contributed by atoms with Crippen LogP contribution in [0.2, 0.25) is 0 Å². The number of amides is 2. The first-order valence-corrected chi connectivity index (χ1v) is 9.61. The summed E-state index contributed by atoms with van der Waals surface area (Å²) < 4.78 is 38.6. The summed E-state index contributed by atoms with van der Waals surface area (Å²) in [5, 5.41) is 2.38. The summed E-state index contributed by atoms with van der Waals surface area (Å²) in [7, 11) is 0. The van der Waals surface area contributed by atoms with Gasteiger partial charge in [0.25, 0.3) is 5.91 Å². The molecule has 1 atom stereocenters. The number of hydrogen-bond acceptors (Lipinski definition) is 3. The quantitative estimate of drug-likeness (QED) is 0.549. The van der Waals surface area contributed by atoms with Crippen LogP contribution in [0.3, 0.4) is 0 Å². The molecular weight excluding hydrogens is 421 g/mol. The molecule has 3 aromatic carbocycles. The molecule has 0 saturated heterocycles. The fourth-order valence-corrected chi connectivity index (χ4v) is 3.09. The van der Waals surface area contributed by atoms with Gasteiger partial charge in [-0.2, -0.15) is 13.2 Å². The smallest absolute Gasteiger partial charge is 0.368 e. The fraction of sp³-hybridized carbons (Fsp3) is 0.125. The summed E-state index contributed by atoms with van der Waals surface area (Å²) in [6.45, 7) is 0. The molecule has 3 aromatic rings. The van der Waals surface area contributed by atoms with E-state index >= 15 is 0 Å². The second-order valence-electron chi connectivity index (χ2n) is 7.10. The molecule has 3 N–H and O–H groups in total. The fourth-order valence-electron chi connectivity index (χ4n) is 3.09. The van der Waals surface area contributed by atoms with Gasteiger partial charge in [-0.1, -0.05) is 60.7 Å². The summed E-state index contributed by atoms with van der Waals surface area (Å²) in [6, 6.07) is 17.9. The van der Waals surface area contributed by atoms with E-state index in [1.807, 2.05) is 0 Å². The Kier molecular flexibility index (Phi) is 6.73. The first-order chi connectivity index (χ1) is 15.1. The highest BCUT2D eigenvalue weighted by Crippen LogP contribution is 2.29. The van der Waals surface area contributed by atoms with Crippen molar-refractivity contribution in [1.29, 1.82) is 0 Å². The van der Waals surface area contributed by atoms with Crippen molar-refractivity contribution in [3.63, 3.8) is 0 Å². The Labute approximate surface area is 182 Å². The number of carbonyl (C=O) groups excluding carboxylic acids is 3. The number of alkyl halides is 3. The number of ketones is 1. The van der Waals surface area contributed by atoms with Crippen molar-refractivity contribution in [2.24, 2.45) is 5.73 Å². The van der Waals surface area contributed by atoms with E-state index in [0.717, 1.165) is 12.1 Å². The topological polar surface area (TPSA) is 89.3 Å². The second-order valence-corrected chi connectivity index (χ2v) is 7.10. The number of primary amides is 1. The third-order valence-corrected chi connectivity index (χ3v) is 4.79. The van der Waals surface area contributed by atoms with E-state index in [1.165, 1.54) is 6.07 Å². The van der Waals surface area contributed by atoms with Crippen molar-refractivity contribution >= 4 is 17.6 Å². The summed E-state index contributed by atoms with van der Waals surface area (Å²) in [6.07, 6.45) is -4.59. The lowest BCUT2D eigenvalue weighted by Gasteiger charge is -2.16. The first kappa shape index (κ1) is 22.7. The minimum Gasteiger partial charge on any atom is -0.368 e. The highest BCUT2D eigenvalue weighted by atomic mass is 19.4. The minimum absolute atomic E-state index is 0.0137. The number of carbonyl (C=O) groups is 3. The molecule has 8 heteroatoms. The van der Waals surface area contributed by atoms with Crippen LogP contribution in [-0.2, 0) is 17.4 Å². The number of hydrogen-bond donors (Lipinski definition) is 2. The third-order valence-electron chi connectivity index (χ3n) is 4.79. The lowest BCUT2D eigenvalue weighted by atomic mass is 9.99. The van der Waals surface area contributed by atoms with Crippen molar-refractivity contribution in [3.05, 3.63) is 107 Å². The van der Waals surface area contributed by atoms with Gasteiger partial charge in [-0.15, -0.1) is 0 Å². The van der Waals surface area contributed by atoms with Crippen LogP contribution in [0.15, 0.2) is 78.9 Å². The van der Waals surface area contributed by atoms with E-state index < -0.39 is 29.6 Å². The maximum atomic E-state index is 12.9. The van der Waals surface area contributed by atoms with Gasteiger partial charge in [0.2, 0.25) is 5.91 Å². The van der Waals surface area contributed by atoms with Crippen LogP contribution in [0.5, 0.6) is 0 Å². The molecule has 0 bridgehead atoms. The zero-order chi connectivity index (χ0) is 23.3. The van der Waals surface area contributed by atoms with Crippen LogP contribution in [0.4, 0.5) is 13.2 Å². The lowest BCUT2D eigenvalue weighted by Crippen LogP contribution is -2.45. The molecule has 32 heavy (non-hydrogen) atoms. The van der Waals surface area contributed by atoms with Crippen molar-refractivity contribution in [2.45, 2.75) is 18.6 Å². The largest absolute Gasteiger partial charge is 0.416 e. The maximum Gasteiger partial charge on any atom is 0.416 e. The van der Waals surface area contributed by atoms with Gasteiger partial charge in [-0.3, -0.25) is 14.4 Å². The molecule has 0 heterocycles. The summed E-state index contributed by atoms with van der Waals surface area (Å²) in [5.41, 5.74) is 5.76. The Morgan fingerprint density at radius 3 is 2.00 bits per heavy atom. The van der Waals surface area contributed by atoms with Crippen LogP contribution >= 0.6 is 0 Å². The summed E-state index contributed by atoms with van der Waals surface area (Å²) in [4.78, 5) is 36.7. The average Bonchev–Trinajstić information content (AvgIpc) is 2.78. The lowest BCUT2D eigenvalue weighted by molar-refractivity contribution is -0.137. The monoisotopic (exact) mass is 440 g/mol. The van der Waals surface area contributed by atoms with Gasteiger partial charge in [0.1, 0.15) is 6.04 Å². The molecule has 0 spiro atoms. The van der Waals surface area contributed by atoms with E-state index in [1.54, 1.807) is 54.6 Å². The van der Waals surface area contributed by atoms with Gasteiger partial charge in [0.15, 0.2) is 5.78 Å². The molecule has 0 aliphatic heterocycles. The van der Waals surface area contributed by atoms with Gasteiger partial charge < -0.3 is 11.1 Å². The Hall–Kier alpha value is -3.94. The standard InChI is InChI=1S/C24H19F3N2O3/c25-24(26,27)19-8-4-7-18(14-19)23(32)29-20(22(28)31)13-15-9-11-17(12-10-15)21(30)16-5-2-1-3-6-16/h1-12,14,20H,13H2,(H2,28,31)(H,29,32)/t20-/m0/s1. The van der Waals surface area contributed by atoms with Crippen LogP contribution < -0.4 is 11.1 Å². The summed E-state index contributed by atoms with van der Waals surface area (Å²) in [5.74, 6) is -1.85. The van der Waals surface area contributed by atoms with Gasteiger partial charge in [-0.25, -0.2) is 0 Å². The van der Waals surface area contributed by atoms with E-state index in [2.05, 4.69) is 5.32 Å². The van der Waals surface area contributed by atoms with Gasteiger partial charge in [0.05, 0.1) is 5.56 Å². The SMILES string of the molecule is NC(=O)[C@H](Cc1ccc(C(=O)c2ccccc2)cc1)NC(=O)c1cccc(C(F)(F)F)c1. The Morgan fingerprint density at radius 1 is 0.812 bits per heavy atom. The summed E-state index contributed by atoms with van der Waals surface area (Å²) >= 11 is 0. The predicted octanol–water partition coefficient (Wildman–Crippen LogP) is 3.76. The zero-order valence-corrected chi connectivity index (χ0v) is 16.7. The number of halogens is 3. The van der Waals surface area contributed by atoms with Crippen LogP contribution in [0.1, 0.15) is 37.4 Å². The first-order valence-electron chi connectivity index (χ1n) is 9.61. The van der Waals surface area contributed by atoms with Gasteiger partial charge in [0, 0.05) is 23.1 Å². The molecule has 0 aliphatic carbocycles. The third kappa shape index (κ3) is 5.60. The van der Waals surface area contributed by atoms with Crippen molar-refractivity contribution < 1.29 is 27.6 Å². The van der Waals surface area contributed by atoms with E-state index in [0.29, 0.717) is 22.8 Å². The molecule has 0 saturated carbocycles. The predicted molar refractivity (Wildman–Crippen MR) is 112 cm³/mol. The number of nitrogens with two attached hydrogens (primary N) is 1. The Balaban J connectivity index is 1.71. The zero-order valence-electron chi connectivity index (χ0n) is 16.7. The van der Waals surface area contributed by atoms with Crippen molar-refractivity contribution in [3.8, 4) is 0 Å². The van der Waals surface area contributed by atoms with E-state index in [-0.39, 0.29) is 17.8 Å². The molecule has 0 aromatic heterocycles. The Bertz CT molecular complexity index is 1130. The highest BCUT2D eigenvalue weighted by molar-refractivity contribution is 6.09. The normalized spacial score (nSPS) is 12.1. The van der Waals surface area contributed by atoms with E-state index in [9.17, 15) is 27.6 Å². The number of rotatable bonds is 7. The molecule has 2 amide bonds. The highest BCUT2D eigenvalue weighted by Gasteiger charge is 2.31. The Morgan fingerprint density at radius 2 is 1.41 bits per heavy atom. The molecule has 3 rings (SSSR count). The van der Waals surface area contributed by atoms with Crippen molar-refractivity contribution in [1.82, 2.24) is 5.32 Å². The molecule has 0 aliphatic rings. The van der Waals surface area contributed by atoms with Crippen LogP contribution in [0.25, 0.3) is 0 Å². The molecule has 0 radical (unpaired) electrons. The minimum atomic E-state index is -4.60. The van der Waals surface area contributed by atoms with Crippen LogP contribution in [-0.4, -0.2) is 23.6 Å². The van der Waals surface area contributed by atoms with Crippen molar-refractivity contribution in [2.75, 3.05) is 0 Å². The second kappa shape index (κ2) is 9.47. The number of benzene rings is 3. The average molecular weight is 440 g/mol. The molecule has 0 unspecified atom stereocenters. The maximum absolute atomic E-state index is 12.9. The number of nitrogens with one attached hydrogen (secondary N) is 1. The molecule has 164 valence electrons. The van der Waals surface area contributed by atoms with Crippen LogP contribution in [0, 0.1) is 0 Å². The van der Waals surface area contributed by atoms with Gasteiger partial charge >= 0.3 is 6.18 Å². The molecule has 5 nitrogen and oxygen atoms in total. The molecule has 0 fully saturated rings.